The molecule has 2 rings (SSSR count). The Labute approximate surface area is 112 Å². The molecule has 1 fully saturated rings. The van der Waals surface area contributed by atoms with Gasteiger partial charge in [0.25, 0.3) is 0 Å². The maximum absolute atomic E-state index is 12.3. The van der Waals surface area contributed by atoms with Crippen molar-refractivity contribution in [3.63, 3.8) is 0 Å². The van der Waals surface area contributed by atoms with Crippen LogP contribution in [0.2, 0.25) is 0 Å². The molecule has 1 aliphatic carbocycles. The lowest BCUT2D eigenvalue weighted by molar-refractivity contribution is 0.490. The second-order valence-electron chi connectivity index (χ2n) is 4.46. The van der Waals surface area contributed by atoms with E-state index in [0.29, 0.717) is 5.66 Å². The molecule has 0 spiro atoms. The Morgan fingerprint density at radius 2 is 1.88 bits per heavy atom. The lowest BCUT2D eigenvalue weighted by atomic mass is 10.0. The van der Waals surface area contributed by atoms with Crippen molar-refractivity contribution in [3.8, 4) is 0 Å². The normalized spacial score (nSPS) is 18.4. The predicted octanol–water partition coefficient (Wildman–Crippen LogP) is 4.95. The fourth-order valence-corrected chi connectivity index (χ4v) is 4.98. The van der Waals surface area contributed by atoms with Crippen LogP contribution in [0.3, 0.4) is 0 Å². The van der Waals surface area contributed by atoms with Gasteiger partial charge in [-0.05, 0) is 54.3 Å². The number of hydrogen-bond donors (Lipinski definition) is 0. The molecule has 1 nitrogen and oxygen atoms in total. The molecule has 0 saturated heterocycles. The Bertz CT molecular complexity index is 372. The largest absolute Gasteiger partial charge is 0.346 e. The fourth-order valence-electron chi connectivity index (χ4n) is 2.29. The summed E-state index contributed by atoms with van der Waals surface area (Å²) in [7, 11) is -1.05. The molecule has 0 bridgehead atoms. The van der Waals surface area contributed by atoms with Gasteiger partial charge in [-0.1, -0.05) is 29.2 Å². The quantitative estimate of drug-likeness (QED) is 0.558. The first-order valence-corrected chi connectivity index (χ1v) is 8.54. The molecule has 1 atom stereocenters. The van der Waals surface area contributed by atoms with Crippen LogP contribution >= 0.6 is 30.4 Å². The smallest absolute Gasteiger partial charge is 0.0741 e. The van der Waals surface area contributed by atoms with Crippen molar-refractivity contribution < 1.29 is 4.57 Å². The van der Waals surface area contributed by atoms with Gasteiger partial charge in [0.2, 0.25) is 0 Å². The van der Waals surface area contributed by atoms with Gasteiger partial charge in [-0.25, -0.2) is 0 Å². The highest BCUT2D eigenvalue weighted by molar-refractivity contribution is 14.1. The standard InChI is InChI=1S/C13H17IOP/c14-13-9-5-4-6-11(13)10-16(15)12-7-2-1-3-8-12/h4-6,9,12H,1-3,7-8,10H2/q+1. The Hall–Kier alpha value is 0.0500. The number of benzene rings is 1. The Balaban J connectivity index is 1.99. The van der Waals surface area contributed by atoms with Crippen LogP contribution in [0.4, 0.5) is 0 Å². The van der Waals surface area contributed by atoms with E-state index in [1.54, 1.807) is 0 Å². The Kier molecular flexibility index (Phi) is 4.78. The summed E-state index contributed by atoms with van der Waals surface area (Å²) in [4.78, 5) is 0. The number of hydrogen-bond acceptors (Lipinski definition) is 1. The maximum atomic E-state index is 12.3. The van der Waals surface area contributed by atoms with E-state index >= 15 is 0 Å². The third kappa shape index (κ3) is 3.27. The van der Waals surface area contributed by atoms with Crippen molar-refractivity contribution in [2.45, 2.75) is 43.9 Å². The molecule has 86 valence electrons. The van der Waals surface area contributed by atoms with Gasteiger partial charge in [-0.3, -0.25) is 0 Å². The van der Waals surface area contributed by atoms with Crippen LogP contribution in [0.5, 0.6) is 0 Å². The lowest BCUT2D eigenvalue weighted by Gasteiger charge is -2.13. The van der Waals surface area contributed by atoms with Gasteiger partial charge in [0, 0.05) is 9.13 Å². The van der Waals surface area contributed by atoms with E-state index in [4.69, 9.17) is 0 Å². The number of rotatable bonds is 3. The van der Waals surface area contributed by atoms with Crippen molar-refractivity contribution in [2.24, 2.45) is 0 Å². The minimum Gasteiger partial charge on any atom is -0.0741 e. The van der Waals surface area contributed by atoms with Crippen molar-refractivity contribution >= 4 is 30.4 Å². The molecule has 1 aromatic carbocycles. The molecule has 3 heteroatoms. The lowest BCUT2D eigenvalue weighted by Crippen LogP contribution is -2.08. The molecule has 1 unspecified atom stereocenters. The maximum Gasteiger partial charge on any atom is 0.346 e. The summed E-state index contributed by atoms with van der Waals surface area (Å²) in [6, 6.07) is 8.29. The highest BCUT2D eigenvalue weighted by atomic mass is 127. The van der Waals surface area contributed by atoms with Crippen molar-refractivity contribution in [1.82, 2.24) is 0 Å². The SMILES string of the molecule is O=[P+](Cc1ccccc1I)C1CCCCC1. The van der Waals surface area contributed by atoms with Gasteiger partial charge >= 0.3 is 7.80 Å². The topological polar surface area (TPSA) is 17.1 Å². The molecular formula is C13H17IOP+. The molecule has 0 aliphatic heterocycles. The molecule has 0 N–H and O–H groups in total. The Morgan fingerprint density at radius 1 is 1.19 bits per heavy atom. The first kappa shape index (κ1) is 12.5. The van der Waals surface area contributed by atoms with Gasteiger partial charge in [0.05, 0.1) is 0 Å². The van der Waals surface area contributed by atoms with E-state index < -0.39 is 7.80 Å². The summed E-state index contributed by atoms with van der Waals surface area (Å²) in [6.07, 6.45) is 7.02. The third-order valence-electron chi connectivity index (χ3n) is 3.27. The van der Waals surface area contributed by atoms with Gasteiger partial charge in [-0.2, -0.15) is 0 Å². The van der Waals surface area contributed by atoms with Gasteiger partial charge in [0.15, 0.2) is 11.8 Å². The summed E-state index contributed by atoms with van der Waals surface area (Å²) in [5.41, 5.74) is 1.74. The highest BCUT2D eigenvalue weighted by Gasteiger charge is 2.31. The van der Waals surface area contributed by atoms with E-state index in [1.807, 2.05) is 12.1 Å². The first-order valence-electron chi connectivity index (χ1n) is 5.94. The zero-order valence-corrected chi connectivity index (χ0v) is 12.4. The van der Waals surface area contributed by atoms with Gasteiger partial charge < -0.3 is 0 Å². The van der Waals surface area contributed by atoms with Crippen molar-refractivity contribution in [2.75, 3.05) is 0 Å². The Morgan fingerprint density at radius 3 is 2.56 bits per heavy atom. The average molecular weight is 347 g/mol. The summed E-state index contributed by atoms with van der Waals surface area (Å²) in [5.74, 6) is 0. The van der Waals surface area contributed by atoms with Crippen LogP contribution in [-0.4, -0.2) is 5.66 Å². The number of halogens is 1. The van der Waals surface area contributed by atoms with Crippen molar-refractivity contribution in [1.29, 1.82) is 0 Å². The monoisotopic (exact) mass is 347 g/mol. The van der Waals surface area contributed by atoms with E-state index in [2.05, 4.69) is 34.7 Å². The molecule has 16 heavy (non-hydrogen) atoms. The van der Waals surface area contributed by atoms with E-state index in [-0.39, 0.29) is 0 Å². The van der Waals surface area contributed by atoms with Crippen molar-refractivity contribution in [3.05, 3.63) is 33.4 Å². The van der Waals surface area contributed by atoms with Crippen LogP contribution in [0.25, 0.3) is 0 Å². The zero-order chi connectivity index (χ0) is 11.4. The predicted molar refractivity (Wildman–Crippen MR) is 77.3 cm³/mol. The summed E-state index contributed by atoms with van der Waals surface area (Å²) in [6.45, 7) is 0. The summed E-state index contributed by atoms with van der Waals surface area (Å²) >= 11 is 2.34. The molecule has 0 amide bonds. The van der Waals surface area contributed by atoms with Crippen LogP contribution in [-0.2, 0) is 10.7 Å². The molecule has 1 aromatic rings. The van der Waals surface area contributed by atoms with Crippen LogP contribution in [0.15, 0.2) is 24.3 Å². The summed E-state index contributed by atoms with van der Waals surface area (Å²) < 4.78 is 13.5. The molecule has 0 radical (unpaired) electrons. The second kappa shape index (κ2) is 6.11. The van der Waals surface area contributed by atoms with Gasteiger partial charge in [0.1, 0.15) is 0 Å². The zero-order valence-electron chi connectivity index (χ0n) is 9.36. The second-order valence-corrected chi connectivity index (χ2v) is 7.50. The average Bonchev–Trinajstić information content (AvgIpc) is 2.33. The minimum atomic E-state index is -1.05. The molecular weight excluding hydrogens is 330 g/mol. The van der Waals surface area contributed by atoms with Gasteiger partial charge in [-0.15, -0.1) is 0 Å². The molecule has 1 aliphatic rings. The molecule has 1 saturated carbocycles. The fraction of sp³-hybridized carbons (Fsp3) is 0.538. The highest BCUT2D eigenvalue weighted by Crippen LogP contribution is 2.41. The van der Waals surface area contributed by atoms with E-state index in [9.17, 15) is 4.57 Å². The summed E-state index contributed by atoms with van der Waals surface area (Å²) in [5, 5.41) is 0. The third-order valence-corrected chi connectivity index (χ3v) is 6.30. The van der Waals surface area contributed by atoms with Crippen LogP contribution in [0, 0.1) is 3.57 Å². The molecule has 0 heterocycles. The van der Waals surface area contributed by atoms with E-state index in [1.165, 1.54) is 41.2 Å². The van der Waals surface area contributed by atoms with Crippen LogP contribution in [0.1, 0.15) is 37.7 Å². The first-order chi connectivity index (χ1) is 7.77. The van der Waals surface area contributed by atoms with E-state index in [0.717, 1.165) is 6.16 Å². The molecule has 0 aromatic heterocycles. The minimum absolute atomic E-state index is 0.486. The van der Waals surface area contributed by atoms with Crippen LogP contribution < -0.4 is 0 Å².